The fourth-order valence-electron chi connectivity index (χ4n) is 1.64. The first-order valence-corrected chi connectivity index (χ1v) is 5.28. The van der Waals surface area contributed by atoms with Gasteiger partial charge in [0, 0.05) is 16.8 Å². The number of furan rings is 1. The molecule has 3 nitrogen and oxygen atoms in total. The van der Waals surface area contributed by atoms with Gasteiger partial charge >= 0.3 is 0 Å². The summed E-state index contributed by atoms with van der Waals surface area (Å²) in [5.74, 6) is 0. The lowest BCUT2D eigenvalue weighted by atomic mass is 10.1. The third-order valence-electron chi connectivity index (χ3n) is 2.60. The molecule has 0 spiro atoms. The van der Waals surface area contributed by atoms with Crippen molar-refractivity contribution in [2.75, 3.05) is 5.32 Å². The van der Waals surface area contributed by atoms with Gasteiger partial charge in [-0.1, -0.05) is 18.2 Å². The second-order valence-electron chi connectivity index (χ2n) is 3.74. The number of rotatable bonds is 4. The summed E-state index contributed by atoms with van der Waals surface area (Å²) in [6.07, 6.45) is 3.38. The van der Waals surface area contributed by atoms with Crippen LogP contribution in [-0.4, -0.2) is 5.11 Å². The maximum atomic E-state index is 9.20. The Morgan fingerprint density at radius 2 is 2.12 bits per heavy atom. The van der Waals surface area contributed by atoms with Crippen LogP contribution < -0.4 is 5.32 Å². The summed E-state index contributed by atoms with van der Waals surface area (Å²) in [6, 6.07) is 9.82. The number of anilines is 1. The van der Waals surface area contributed by atoms with Gasteiger partial charge in [0.05, 0.1) is 25.2 Å². The Morgan fingerprint density at radius 1 is 1.31 bits per heavy atom. The van der Waals surface area contributed by atoms with E-state index in [1.165, 1.54) is 0 Å². The minimum atomic E-state index is 0.0429. The van der Waals surface area contributed by atoms with Gasteiger partial charge in [0.25, 0.3) is 0 Å². The average Bonchev–Trinajstić information content (AvgIpc) is 2.83. The van der Waals surface area contributed by atoms with Crippen LogP contribution in [0, 0.1) is 0 Å². The quantitative estimate of drug-likeness (QED) is 0.827. The van der Waals surface area contributed by atoms with E-state index in [0.29, 0.717) is 0 Å². The molecule has 0 fully saturated rings. The Hall–Kier alpha value is -1.74. The zero-order valence-corrected chi connectivity index (χ0v) is 9.18. The fraction of sp³-hybridized carbons (Fsp3) is 0.231. The first-order valence-electron chi connectivity index (χ1n) is 5.28. The van der Waals surface area contributed by atoms with E-state index in [9.17, 15) is 5.11 Å². The molecule has 0 saturated heterocycles. The van der Waals surface area contributed by atoms with Crippen LogP contribution in [0.5, 0.6) is 0 Å². The molecule has 0 aliphatic heterocycles. The van der Waals surface area contributed by atoms with Crippen molar-refractivity contribution >= 4 is 5.69 Å². The second-order valence-corrected chi connectivity index (χ2v) is 3.74. The number of para-hydroxylation sites is 1. The number of hydrogen-bond donors (Lipinski definition) is 2. The Bertz CT molecular complexity index is 437. The molecular weight excluding hydrogens is 202 g/mol. The van der Waals surface area contributed by atoms with E-state index in [0.717, 1.165) is 16.8 Å². The second kappa shape index (κ2) is 4.86. The average molecular weight is 217 g/mol. The smallest absolute Gasteiger partial charge is 0.0955 e. The molecule has 0 aliphatic rings. The summed E-state index contributed by atoms with van der Waals surface area (Å²) >= 11 is 0. The van der Waals surface area contributed by atoms with Crippen molar-refractivity contribution in [3.05, 3.63) is 54.0 Å². The van der Waals surface area contributed by atoms with Crippen molar-refractivity contribution < 1.29 is 9.52 Å². The Kier molecular flexibility index (Phi) is 3.27. The highest BCUT2D eigenvalue weighted by atomic mass is 16.3. The van der Waals surface area contributed by atoms with E-state index < -0.39 is 0 Å². The van der Waals surface area contributed by atoms with Crippen LogP contribution >= 0.6 is 0 Å². The molecule has 1 atom stereocenters. The van der Waals surface area contributed by atoms with Crippen LogP contribution in [0.3, 0.4) is 0 Å². The van der Waals surface area contributed by atoms with Gasteiger partial charge in [-0.25, -0.2) is 0 Å². The van der Waals surface area contributed by atoms with Gasteiger partial charge in [0.2, 0.25) is 0 Å². The molecule has 2 N–H and O–H groups in total. The molecule has 0 bridgehead atoms. The summed E-state index contributed by atoms with van der Waals surface area (Å²) in [6.45, 7) is 2.10. The zero-order chi connectivity index (χ0) is 11.4. The van der Waals surface area contributed by atoms with Crippen LogP contribution in [0.4, 0.5) is 5.69 Å². The maximum absolute atomic E-state index is 9.20. The fourth-order valence-corrected chi connectivity index (χ4v) is 1.64. The summed E-state index contributed by atoms with van der Waals surface area (Å²) < 4.78 is 5.04. The van der Waals surface area contributed by atoms with Crippen molar-refractivity contribution in [3.63, 3.8) is 0 Å². The molecule has 1 unspecified atom stereocenters. The molecule has 0 amide bonds. The lowest BCUT2D eigenvalue weighted by molar-refractivity contribution is 0.282. The van der Waals surface area contributed by atoms with Crippen molar-refractivity contribution in [2.45, 2.75) is 19.6 Å². The van der Waals surface area contributed by atoms with Crippen molar-refractivity contribution in [1.29, 1.82) is 0 Å². The maximum Gasteiger partial charge on any atom is 0.0955 e. The molecule has 0 radical (unpaired) electrons. The normalized spacial score (nSPS) is 12.4. The van der Waals surface area contributed by atoms with Gasteiger partial charge in [-0.3, -0.25) is 0 Å². The predicted octanol–water partition coefficient (Wildman–Crippen LogP) is 2.95. The van der Waals surface area contributed by atoms with Crippen LogP contribution in [-0.2, 0) is 6.61 Å². The first kappa shape index (κ1) is 10.8. The van der Waals surface area contributed by atoms with E-state index in [2.05, 4.69) is 12.2 Å². The van der Waals surface area contributed by atoms with Gasteiger partial charge in [0.1, 0.15) is 0 Å². The van der Waals surface area contributed by atoms with E-state index in [1.807, 2.05) is 30.3 Å². The van der Waals surface area contributed by atoms with Gasteiger partial charge in [-0.2, -0.15) is 0 Å². The molecule has 1 aromatic carbocycles. The number of benzene rings is 1. The van der Waals surface area contributed by atoms with Gasteiger partial charge in [0.15, 0.2) is 0 Å². The van der Waals surface area contributed by atoms with Crippen molar-refractivity contribution in [1.82, 2.24) is 0 Å². The highest BCUT2D eigenvalue weighted by Gasteiger charge is 2.08. The number of aliphatic hydroxyl groups is 1. The lowest BCUT2D eigenvalue weighted by Gasteiger charge is -2.16. The number of nitrogens with one attached hydrogen (secondary N) is 1. The predicted molar refractivity (Wildman–Crippen MR) is 63.1 cm³/mol. The third kappa shape index (κ3) is 2.25. The SMILES string of the molecule is CC(Nc1ccccc1CO)c1ccoc1. The molecule has 3 heteroatoms. The first-order chi connectivity index (χ1) is 7.81. The topological polar surface area (TPSA) is 45.4 Å². The van der Waals surface area contributed by atoms with E-state index in [1.54, 1.807) is 12.5 Å². The highest BCUT2D eigenvalue weighted by Crippen LogP contribution is 2.22. The molecule has 0 saturated carbocycles. The Morgan fingerprint density at radius 3 is 2.81 bits per heavy atom. The molecule has 2 rings (SSSR count). The molecular formula is C13H15NO2. The largest absolute Gasteiger partial charge is 0.472 e. The zero-order valence-electron chi connectivity index (χ0n) is 9.18. The van der Waals surface area contributed by atoms with Gasteiger partial charge < -0.3 is 14.8 Å². The summed E-state index contributed by atoms with van der Waals surface area (Å²) in [5.41, 5.74) is 2.95. The number of aliphatic hydroxyl groups excluding tert-OH is 1. The monoisotopic (exact) mass is 217 g/mol. The van der Waals surface area contributed by atoms with Crippen molar-refractivity contribution in [2.24, 2.45) is 0 Å². The summed E-state index contributed by atoms with van der Waals surface area (Å²) in [4.78, 5) is 0. The van der Waals surface area contributed by atoms with E-state index in [4.69, 9.17) is 4.42 Å². The van der Waals surface area contributed by atoms with Crippen LogP contribution in [0.15, 0.2) is 47.3 Å². The lowest BCUT2D eigenvalue weighted by Crippen LogP contribution is -2.07. The third-order valence-corrected chi connectivity index (χ3v) is 2.60. The van der Waals surface area contributed by atoms with Gasteiger partial charge in [-0.15, -0.1) is 0 Å². The molecule has 2 aromatic rings. The summed E-state index contributed by atoms with van der Waals surface area (Å²) in [7, 11) is 0. The molecule has 16 heavy (non-hydrogen) atoms. The number of hydrogen-bond acceptors (Lipinski definition) is 3. The summed E-state index contributed by atoms with van der Waals surface area (Å²) in [5, 5.41) is 12.5. The van der Waals surface area contributed by atoms with Crippen LogP contribution in [0.25, 0.3) is 0 Å². The molecule has 84 valence electrons. The minimum absolute atomic E-state index is 0.0429. The van der Waals surface area contributed by atoms with Gasteiger partial charge in [-0.05, 0) is 19.1 Å². The Balaban J connectivity index is 2.14. The van der Waals surface area contributed by atoms with Crippen molar-refractivity contribution in [3.8, 4) is 0 Å². The molecule has 1 heterocycles. The van der Waals surface area contributed by atoms with E-state index >= 15 is 0 Å². The van der Waals surface area contributed by atoms with Crippen LogP contribution in [0.1, 0.15) is 24.1 Å². The molecule has 0 aliphatic carbocycles. The highest BCUT2D eigenvalue weighted by molar-refractivity contribution is 5.52. The Labute approximate surface area is 94.7 Å². The standard InChI is InChI=1S/C13H15NO2/c1-10(12-6-7-16-9-12)14-13-5-3-2-4-11(13)8-15/h2-7,9-10,14-15H,8H2,1H3. The van der Waals surface area contributed by atoms with E-state index in [-0.39, 0.29) is 12.6 Å². The minimum Gasteiger partial charge on any atom is -0.472 e. The molecule has 1 aromatic heterocycles. The van der Waals surface area contributed by atoms with Crippen LogP contribution in [0.2, 0.25) is 0 Å².